The number of halogens is 1. The fourth-order valence-corrected chi connectivity index (χ4v) is 4.87. The zero-order chi connectivity index (χ0) is 30.8. The first kappa shape index (κ1) is 31.1. The Morgan fingerprint density at radius 3 is 2.40 bits per heavy atom. The van der Waals surface area contributed by atoms with Crippen molar-refractivity contribution in [2.45, 2.75) is 17.1 Å². The van der Waals surface area contributed by atoms with E-state index in [1.165, 1.54) is 38.3 Å². The molecule has 0 radical (unpaired) electrons. The summed E-state index contributed by atoms with van der Waals surface area (Å²) in [7, 11) is 3.04. The largest absolute Gasteiger partial charge is 0.497 e. The topological polar surface area (TPSA) is 119 Å². The molecule has 3 amide bonds. The van der Waals surface area contributed by atoms with E-state index in [0.717, 1.165) is 4.90 Å². The van der Waals surface area contributed by atoms with Gasteiger partial charge in [0.1, 0.15) is 23.0 Å². The van der Waals surface area contributed by atoms with Crippen LogP contribution in [0.25, 0.3) is 6.08 Å². The summed E-state index contributed by atoms with van der Waals surface area (Å²) in [5, 5.41) is 8.32. The van der Waals surface area contributed by atoms with Crippen molar-refractivity contribution in [2.24, 2.45) is 0 Å². The Bertz CT molecular complexity index is 1630. The molecule has 11 heteroatoms. The van der Waals surface area contributed by atoms with Gasteiger partial charge in [-0.25, -0.2) is 4.98 Å². The maximum absolute atomic E-state index is 13.6. The third kappa shape index (κ3) is 8.84. The predicted octanol–water partition coefficient (Wildman–Crippen LogP) is 6.28. The second kappa shape index (κ2) is 14.9. The smallest absolute Gasteiger partial charge is 0.272 e. The Morgan fingerprint density at radius 1 is 0.907 bits per heavy atom. The highest BCUT2D eigenvalue weighted by Gasteiger charge is 2.18. The molecule has 0 bridgehead atoms. The minimum absolute atomic E-state index is 0.0123. The molecule has 3 aromatic carbocycles. The first-order chi connectivity index (χ1) is 20.7. The zero-order valence-corrected chi connectivity index (χ0v) is 25.2. The fourth-order valence-electron chi connectivity index (χ4n) is 3.83. The van der Waals surface area contributed by atoms with Crippen LogP contribution in [0.3, 0.4) is 0 Å². The van der Waals surface area contributed by atoms with Crippen LogP contribution in [0.1, 0.15) is 22.8 Å². The molecular weight excluding hydrogens is 588 g/mol. The van der Waals surface area contributed by atoms with Gasteiger partial charge in [-0.1, -0.05) is 35.9 Å². The van der Waals surface area contributed by atoms with Crippen LogP contribution in [0.5, 0.6) is 11.5 Å². The van der Waals surface area contributed by atoms with Crippen LogP contribution in [0, 0.1) is 0 Å². The van der Waals surface area contributed by atoms with Gasteiger partial charge >= 0.3 is 0 Å². The minimum Gasteiger partial charge on any atom is -0.497 e. The molecule has 43 heavy (non-hydrogen) atoms. The van der Waals surface area contributed by atoms with E-state index in [0.29, 0.717) is 39.2 Å². The third-order valence-corrected chi connectivity index (χ3v) is 7.34. The number of pyridine rings is 1. The Balaban J connectivity index is 1.53. The molecule has 0 saturated carbocycles. The van der Waals surface area contributed by atoms with Gasteiger partial charge < -0.3 is 25.4 Å². The number of ether oxygens (including phenoxy) is 2. The van der Waals surface area contributed by atoms with Crippen molar-refractivity contribution in [1.82, 2.24) is 10.3 Å². The number of rotatable bonds is 11. The van der Waals surface area contributed by atoms with E-state index in [1.807, 2.05) is 6.07 Å². The highest BCUT2D eigenvalue weighted by Crippen LogP contribution is 2.28. The number of thioether (sulfide) groups is 1. The Hall–Kier alpha value is -4.80. The molecule has 0 spiro atoms. The standard InChI is InChI=1S/C32H29ClN4O5S/c1-20(30(38)37-29-15-12-23(33)19-34-29)43-26-11-7-10-24(18-26)35-32(40)27(36-31(39)21-8-5-4-6-9-21)17-22-16-25(41-2)13-14-28(22)42-3/h4-20H,1-3H3,(H,35,40)(H,36,39)(H,34,37,38)/b27-17+. The number of anilines is 2. The number of carbonyl (C=O) groups excluding carboxylic acids is 3. The van der Waals surface area contributed by atoms with Crippen molar-refractivity contribution in [3.63, 3.8) is 0 Å². The van der Waals surface area contributed by atoms with Gasteiger partial charge in [0.15, 0.2) is 0 Å². The molecule has 1 aromatic heterocycles. The molecule has 9 nitrogen and oxygen atoms in total. The summed E-state index contributed by atoms with van der Waals surface area (Å²) in [5.74, 6) is 0.178. The number of hydrogen-bond donors (Lipinski definition) is 3. The fraction of sp³-hybridized carbons (Fsp3) is 0.125. The second-order valence-corrected chi connectivity index (χ2v) is 10.9. The van der Waals surface area contributed by atoms with E-state index in [2.05, 4.69) is 20.9 Å². The highest BCUT2D eigenvalue weighted by molar-refractivity contribution is 8.00. The summed E-state index contributed by atoms with van der Waals surface area (Å²) in [6.07, 6.45) is 2.98. The van der Waals surface area contributed by atoms with Gasteiger partial charge in [0.25, 0.3) is 11.8 Å². The quantitative estimate of drug-likeness (QED) is 0.134. The maximum atomic E-state index is 13.6. The van der Waals surface area contributed by atoms with Crippen LogP contribution in [0.4, 0.5) is 11.5 Å². The molecule has 1 atom stereocenters. The van der Waals surface area contributed by atoms with Gasteiger partial charge in [0.2, 0.25) is 5.91 Å². The molecule has 0 aliphatic rings. The summed E-state index contributed by atoms with van der Waals surface area (Å²) >= 11 is 7.17. The Labute approximate surface area is 258 Å². The summed E-state index contributed by atoms with van der Waals surface area (Å²) in [4.78, 5) is 44.1. The first-order valence-corrected chi connectivity index (χ1v) is 14.3. The molecule has 4 rings (SSSR count). The van der Waals surface area contributed by atoms with Crippen LogP contribution in [0.15, 0.2) is 102 Å². The van der Waals surface area contributed by atoms with Crippen molar-refractivity contribution in [3.05, 3.63) is 113 Å². The molecular formula is C32H29ClN4O5S. The lowest BCUT2D eigenvalue weighted by Gasteiger charge is -2.14. The van der Waals surface area contributed by atoms with Crippen LogP contribution < -0.4 is 25.4 Å². The van der Waals surface area contributed by atoms with Crippen LogP contribution in [-0.4, -0.2) is 42.2 Å². The number of methoxy groups -OCH3 is 2. The third-order valence-electron chi connectivity index (χ3n) is 6.02. The van der Waals surface area contributed by atoms with Gasteiger partial charge in [0, 0.05) is 27.9 Å². The predicted molar refractivity (Wildman–Crippen MR) is 170 cm³/mol. The van der Waals surface area contributed by atoms with Gasteiger partial charge in [-0.15, -0.1) is 11.8 Å². The SMILES string of the molecule is COc1ccc(OC)c(/C=C(/NC(=O)c2ccccc2)C(=O)Nc2cccc(SC(C)C(=O)Nc3ccc(Cl)cn3)c2)c1. The average molecular weight is 617 g/mol. The number of carbonyl (C=O) groups is 3. The van der Waals surface area contributed by atoms with Gasteiger partial charge in [0.05, 0.1) is 24.5 Å². The molecule has 0 saturated heterocycles. The number of nitrogens with one attached hydrogen (secondary N) is 3. The zero-order valence-electron chi connectivity index (χ0n) is 23.6. The number of benzene rings is 3. The summed E-state index contributed by atoms with van der Waals surface area (Å²) in [6.45, 7) is 1.77. The van der Waals surface area contributed by atoms with Gasteiger partial charge in [-0.05, 0) is 73.7 Å². The van der Waals surface area contributed by atoms with Crippen molar-refractivity contribution in [1.29, 1.82) is 0 Å². The highest BCUT2D eigenvalue weighted by atomic mass is 35.5. The lowest BCUT2D eigenvalue weighted by atomic mass is 10.1. The monoisotopic (exact) mass is 616 g/mol. The summed E-state index contributed by atoms with van der Waals surface area (Å²) in [6, 6.07) is 24.0. The van der Waals surface area contributed by atoms with Gasteiger partial charge in [-0.2, -0.15) is 0 Å². The van der Waals surface area contributed by atoms with Crippen molar-refractivity contribution in [2.75, 3.05) is 24.9 Å². The summed E-state index contributed by atoms with van der Waals surface area (Å²) < 4.78 is 10.8. The van der Waals surface area contributed by atoms with E-state index >= 15 is 0 Å². The number of amides is 3. The number of aromatic nitrogens is 1. The maximum Gasteiger partial charge on any atom is 0.272 e. The lowest BCUT2D eigenvalue weighted by molar-refractivity contribution is -0.115. The van der Waals surface area contributed by atoms with E-state index in [1.54, 1.807) is 85.8 Å². The molecule has 1 unspecified atom stereocenters. The van der Waals surface area contributed by atoms with Crippen LogP contribution >= 0.6 is 23.4 Å². The molecule has 4 aromatic rings. The molecule has 220 valence electrons. The molecule has 0 fully saturated rings. The van der Waals surface area contributed by atoms with Gasteiger partial charge in [-0.3, -0.25) is 14.4 Å². The first-order valence-electron chi connectivity index (χ1n) is 13.1. The van der Waals surface area contributed by atoms with Crippen LogP contribution in [-0.2, 0) is 9.59 Å². The molecule has 0 aliphatic carbocycles. The Morgan fingerprint density at radius 2 is 1.70 bits per heavy atom. The minimum atomic E-state index is -0.559. The Kier molecular flexibility index (Phi) is 10.8. The van der Waals surface area contributed by atoms with Crippen molar-refractivity contribution < 1.29 is 23.9 Å². The normalized spacial score (nSPS) is 11.7. The number of hydrogen-bond acceptors (Lipinski definition) is 7. The molecule has 1 heterocycles. The number of nitrogens with zero attached hydrogens (tertiary/aromatic N) is 1. The molecule has 3 N–H and O–H groups in total. The van der Waals surface area contributed by atoms with E-state index in [-0.39, 0.29) is 11.6 Å². The second-order valence-electron chi connectivity index (χ2n) is 9.08. The van der Waals surface area contributed by atoms with E-state index in [4.69, 9.17) is 21.1 Å². The molecule has 0 aliphatic heterocycles. The van der Waals surface area contributed by atoms with Crippen LogP contribution in [0.2, 0.25) is 5.02 Å². The lowest BCUT2D eigenvalue weighted by Crippen LogP contribution is -2.30. The average Bonchev–Trinajstić information content (AvgIpc) is 3.02. The van der Waals surface area contributed by atoms with Crippen molar-refractivity contribution in [3.8, 4) is 11.5 Å². The van der Waals surface area contributed by atoms with Crippen molar-refractivity contribution >= 4 is 58.7 Å². The van der Waals surface area contributed by atoms with E-state index < -0.39 is 17.1 Å². The van der Waals surface area contributed by atoms with E-state index in [9.17, 15) is 14.4 Å². The summed E-state index contributed by atoms with van der Waals surface area (Å²) in [5.41, 5.74) is 1.37.